The van der Waals surface area contributed by atoms with E-state index in [9.17, 15) is 4.79 Å². The number of benzene rings is 1. The fourth-order valence-electron chi connectivity index (χ4n) is 3.10. The predicted molar refractivity (Wildman–Crippen MR) is 85.2 cm³/mol. The topological polar surface area (TPSA) is 20.3 Å². The second-order valence-electron chi connectivity index (χ2n) is 5.80. The quantitative estimate of drug-likeness (QED) is 0.618. The van der Waals surface area contributed by atoms with Gasteiger partial charge in [0.05, 0.1) is 5.92 Å². The Kier molecular flexibility index (Phi) is 5.63. The number of amides is 1. The summed E-state index contributed by atoms with van der Waals surface area (Å²) in [6.07, 6.45) is 8.11. The molecule has 0 saturated heterocycles. The van der Waals surface area contributed by atoms with Gasteiger partial charge < -0.3 is 4.90 Å². The molecule has 0 bridgehead atoms. The molecular weight excluding hydrogens is 246 g/mol. The van der Waals surface area contributed by atoms with Crippen molar-refractivity contribution in [3.05, 3.63) is 29.8 Å². The largest absolute Gasteiger partial charge is 0.312 e. The Bertz CT molecular complexity index is 402. The molecule has 2 nitrogen and oxygen atoms in total. The van der Waals surface area contributed by atoms with Gasteiger partial charge in [-0.3, -0.25) is 4.79 Å². The van der Waals surface area contributed by atoms with Crippen molar-refractivity contribution in [2.24, 2.45) is 0 Å². The number of para-hydroxylation sites is 1. The van der Waals surface area contributed by atoms with E-state index in [0.717, 1.165) is 31.5 Å². The van der Waals surface area contributed by atoms with Crippen LogP contribution in [0.3, 0.4) is 0 Å². The van der Waals surface area contributed by atoms with Crippen molar-refractivity contribution < 1.29 is 4.79 Å². The Labute approximate surface area is 123 Å². The molecule has 0 N–H and O–H groups in total. The van der Waals surface area contributed by atoms with E-state index in [-0.39, 0.29) is 5.92 Å². The Hall–Kier alpha value is -1.31. The fraction of sp³-hybridized carbons (Fsp3) is 0.611. The smallest absolute Gasteiger partial charge is 0.234 e. The molecule has 0 saturated carbocycles. The van der Waals surface area contributed by atoms with Gasteiger partial charge in [-0.25, -0.2) is 0 Å². The third-order valence-electron chi connectivity index (χ3n) is 4.25. The Morgan fingerprint density at radius 3 is 2.45 bits per heavy atom. The van der Waals surface area contributed by atoms with Crippen molar-refractivity contribution in [3.8, 4) is 0 Å². The zero-order valence-corrected chi connectivity index (χ0v) is 12.9. The van der Waals surface area contributed by atoms with Crippen molar-refractivity contribution in [2.75, 3.05) is 11.4 Å². The van der Waals surface area contributed by atoms with E-state index in [2.05, 4.69) is 32.0 Å². The van der Waals surface area contributed by atoms with Crippen LogP contribution in [0.1, 0.15) is 70.3 Å². The van der Waals surface area contributed by atoms with E-state index in [0.29, 0.717) is 5.91 Å². The number of fused-ring (bicyclic) bond motifs is 1. The Balaban J connectivity index is 2.09. The second kappa shape index (κ2) is 7.47. The van der Waals surface area contributed by atoms with Gasteiger partial charge in [0.1, 0.15) is 0 Å². The number of hydrogen-bond donors (Lipinski definition) is 0. The molecule has 110 valence electrons. The van der Waals surface area contributed by atoms with Crippen LogP contribution in [0.2, 0.25) is 0 Å². The Morgan fingerprint density at radius 2 is 1.70 bits per heavy atom. The Morgan fingerprint density at radius 1 is 1.00 bits per heavy atom. The van der Waals surface area contributed by atoms with Crippen LogP contribution in [0.15, 0.2) is 24.3 Å². The summed E-state index contributed by atoms with van der Waals surface area (Å²) in [7, 11) is 0. The molecule has 0 spiro atoms. The zero-order valence-electron chi connectivity index (χ0n) is 12.9. The molecule has 1 unspecified atom stereocenters. The average Bonchev–Trinajstić information content (AvgIpc) is 2.73. The first-order valence-electron chi connectivity index (χ1n) is 8.19. The molecule has 0 aliphatic carbocycles. The maximum atomic E-state index is 12.7. The summed E-state index contributed by atoms with van der Waals surface area (Å²) in [5, 5.41) is 0. The van der Waals surface area contributed by atoms with Gasteiger partial charge in [0, 0.05) is 12.2 Å². The van der Waals surface area contributed by atoms with E-state index in [4.69, 9.17) is 0 Å². The van der Waals surface area contributed by atoms with Crippen LogP contribution in [0, 0.1) is 0 Å². The number of anilines is 1. The molecule has 1 aliphatic heterocycles. The minimum atomic E-state index is 0.111. The molecule has 2 rings (SSSR count). The molecule has 1 aromatic carbocycles. The molecule has 2 heteroatoms. The summed E-state index contributed by atoms with van der Waals surface area (Å²) < 4.78 is 0. The first-order valence-corrected chi connectivity index (χ1v) is 8.19. The van der Waals surface area contributed by atoms with Crippen molar-refractivity contribution in [1.82, 2.24) is 0 Å². The maximum absolute atomic E-state index is 12.7. The van der Waals surface area contributed by atoms with E-state index >= 15 is 0 Å². The lowest BCUT2D eigenvalue weighted by atomic mass is 9.95. The summed E-state index contributed by atoms with van der Waals surface area (Å²) in [4.78, 5) is 14.7. The predicted octanol–water partition coefficient (Wildman–Crippen LogP) is 4.89. The van der Waals surface area contributed by atoms with Gasteiger partial charge in [0.2, 0.25) is 5.91 Å². The van der Waals surface area contributed by atoms with Gasteiger partial charge in [0.15, 0.2) is 0 Å². The van der Waals surface area contributed by atoms with Crippen LogP contribution in [-0.4, -0.2) is 12.5 Å². The number of carbonyl (C=O) groups is 1. The first kappa shape index (κ1) is 15.1. The van der Waals surface area contributed by atoms with Gasteiger partial charge in [-0.1, -0.05) is 64.2 Å². The highest BCUT2D eigenvalue weighted by atomic mass is 16.2. The van der Waals surface area contributed by atoms with Crippen LogP contribution in [0.25, 0.3) is 0 Å². The second-order valence-corrected chi connectivity index (χ2v) is 5.80. The molecule has 1 aromatic rings. The molecule has 1 amide bonds. The summed E-state index contributed by atoms with van der Waals surface area (Å²) in [5.41, 5.74) is 2.42. The van der Waals surface area contributed by atoms with Crippen molar-refractivity contribution in [3.63, 3.8) is 0 Å². The molecule has 1 heterocycles. The van der Waals surface area contributed by atoms with E-state index in [1.807, 2.05) is 11.0 Å². The summed E-state index contributed by atoms with van der Waals surface area (Å²) in [6.45, 7) is 5.29. The van der Waals surface area contributed by atoms with Gasteiger partial charge >= 0.3 is 0 Å². The number of rotatable bonds is 8. The summed E-state index contributed by atoms with van der Waals surface area (Å²) >= 11 is 0. The number of nitrogens with zero attached hydrogens (tertiary/aromatic N) is 1. The van der Waals surface area contributed by atoms with Gasteiger partial charge in [-0.2, -0.15) is 0 Å². The van der Waals surface area contributed by atoms with Gasteiger partial charge in [0.25, 0.3) is 0 Å². The minimum absolute atomic E-state index is 0.111. The average molecular weight is 273 g/mol. The molecule has 1 atom stereocenters. The molecule has 0 radical (unpaired) electrons. The highest BCUT2D eigenvalue weighted by molar-refractivity contribution is 6.04. The highest BCUT2D eigenvalue weighted by Crippen LogP contribution is 2.40. The molecule has 0 fully saturated rings. The third-order valence-corrected chi connectivity index (χ3v) is 4.25. The van der Waals surface area contributed by atoms with Gasteiger partial charge in [-0.05, 0) is 24.5 Å². The zero-order chi connectivity index (χ0) is 14.4. The lowest BCUT2D eigenvalue weighted by Crippen LogP contribution is -2.29. The highest BCUT2D eigenvalue weighted by Gasteiger charge is 2.35. The lowest BCUT2D eigenvalue weighted by molar-refractivity contribution is -0.119. The SMILES string of the molecule is CCCCCC1C(=O)N(CCCCC)c2ccccc21. The molecular formula is C18H27NO. The number of unbranched alkanes of at least 4 members (excludes halogenated alkanes) is 4. The third kappa shape index (κ3) is 3.23. The molecule has 20 heavy (non-hydrogen) atoms. The van der Waals surface area contributed by atoms with Crippen LogP contribution in [0.5, 0.6) is 0 Å². The molecule has 0 aromatic heterocycles. The standard InChI is InChI=1S/C18H27NO/c1-3-5-7-12-16-15-11-8-9-13-17(15)19(18(16)20)14-10-6-4-2/h8-9,11,13,16H,3-7,10,12,14H2,1-2H3. The van der Waals surface area contributed by atoms with Crippen molar-refractivity contribution in [1.29, 1.82) is 0 Å². The maximum Gasteiger partial charge on any atom is 0.234 e. The van der Waals surface area contributed by atoms with Crippen LogP contribution in [0.4, 0.5) is 5.69 Å². The summed E-state index contributed by atoms with van der Waals surface area (Å²) in [6, 6.07) is 8.37. The van der Waals surface area contributed by atoms with Gasteiger partial charge in [-0.15, -0.1) is 0 Å². The van der Waals surface area contributed by atoms with E-state index in [1.165, 1.54) is 31.2 Å². The van der Waals surface area contributed by atoms with E-state index < -0.39 is 0 Å². The fourth-order valence-corrected chi connectivity index (χ4v) is 3.10. The van der Waals surface area contributed by atoms with Crippen LogP contribution >= 0.6 is 0 Å². The first-order chi connectivity index (χ1) is 9.79. The normalized spacial score (nSPS) is 17.6. The van der Waals surface area contributed by atoms with Crippen LogP contribution in [-0.2, 0) is 4.79 Å². The van der Waals surface area contributed by atoms with E-state index in [1.54, 1.807) is 0 Å². The minimum Gasteiger partial charge on any atom is -0.312 e. The molecule has 1 aliphatic rings. The van der Waals surface area contributed by atoms with Crippen molar-refractivity contribution in [2.45, 2.75) is 64.7 Å². The van der Waals surface area contributed by atoms with Crippen LogP contribution < -0.4 is 4.90 Å². The number of carbonyl (C=O) groups excluding carboxylic acids is 1. The lowest BCUT2D eigenvalue weighted by Gasteiger charge is -2.17. The monoisotopic (exact) mass is 273 g/mol. The summed E-state index contributed by atoms with van der Waals surface area (Å²) in [5.74, 6) is 0.442. The van der Waals surface area contributed by atoms with Crippen molar-refractivity contribution >= 4 is 11.6 Å². The number of hydrogen-bond acceptors (Lipinski definition) is 1.